The minimum absolute atomic E-state index is 0.158. The lowest BCUT2D eigenvalue weighted by Gasteiger charge is -2.32. The van der Waals surface area contributed by atoms with E-state index in [2.05, 4.69) is 0 Å². The highest BCUT2D eigenvalue weighted by Crippen LogP contribution is 2.38. The number of rotatable bonds is 11. The quantitative estimate of drug-likeness (QED) is 0.166. The fraction of sp³-hybridized carbons (Fsp3) is 0.194. The summed E-state index contributed by atoms with van der Waals surface area (Å²) in [5.41, 5.74) is 0.299. The van der Waals surface area contributed by atoms with Gasteiger partial charge in [0.1, 0.15) is 23.2 Å². The molecule has 0 aromatic heterocycles. The second-order valence-corrected chi connectivity index (χ2v) is 11.8. The molecule has 6 nitrogen and oxygen atoms in total. The fourth-order valence-corrected chi connectivity index (χ4v) is 6.16. The second kappa shape index (κ2) is 13.3. The Morgan fingerprint density at radius 1 is 0.905 bits per heavy atom. The molecule has 0 aliphatic carbocycles. The molecule has 0 radical (unpaired) electrons. The van der Waals surface area contributed by atoms with Crippen molar-refractivity contribution in [3.63, 3.8) is 0 Å². The van der Waals surface area contributed by atoms with E-state index in [1.807, 2.05) is 0 Å². The summed E-state index contributed by atoms with van der Waals surface area (Å²) in [5.74, 6) is -2.10. The molecule has 4 aromatic carbocycles. The lowest BCUT2D eigenvalue weighted by molar-refractivity contribution is 0.0787. The van der Waals surface area contributed by atoms with Crippen LogP contribution in [0.5, 0.6) is 5.75 Å². The van der Waals surface area contributed by atoms with Crippen molar-refractivity contribution in [2.75, 3.05) is 24.5 Å². The second-order valence-electron chi connectivity index (χ2n) is 9.50. The summed E-state index contributed by atoms with van der Waals surface area (Å²) in [7, 11) is -2.78. The maximum Gasteiger partial charge on any atom is 0.264 e. The first-order chi connectivity index (χ1) is 20.0. The van der Waals surface area contributed by atoms with Gasteiger partial charge in [-0.05, 0) is 80.1 Å². The molecule has 0 heterocycles. The molecule has 1 unspecified atom stereocenters. The number of ether oxygens (including phenoxy) is 1. The van der Waals surface area contributed by atoms with Crippen LogP contribution in [0.15, 0.2) is 95.9 Å². The Morgan fingerprint density at radius 2 is 1.55 bits per heavy atom. The van der Waals surface area contributed by atoms with Crippen LogP contribution < -0.4 is 9.04 Å². The number of anilines is 1. The van der Waals surface area contributed by atoms with Crippen molar-refractivity contribution in [2.45, 2.75) is 24.3 Å². The maximum absolute atomic E-state index is 15.1. The predicted molar refractivity (Wildman–Crippen MR) is 156 cm³/mol. The lowest BCUT2D eigenvalue weighted by atomic mass is 10.1. The van der Waals surface area contributed by atoms with Crippen LogP contribution in [0.3, 0.4) is 0 Å². The number of hydrogen-bond donors (Lipinski definition) is 0. The zero-order valence-corrected chi connectivity index (χ0v) is 24.4. The average Bonchev–Trinajstić information content (AvgIpc) is 2.97. The van der Waals surface area contributed by atoms with E-state index >= 15 is 4.39 Å². The molecular weight excluding hydrogens is 589 g/mol. The molecule has 0 aliphatic rings. The van der Waals surface area contributed by atoms with Crippen LogP contribution in [0.25, 0.3) is 0 Å². The van der Waals surface area contributed by atoms with E-state index in [9.17, 15) is 22.0 Å². The highest BCUT2D eigenvalue weighted by Gasteiger charge is 2.34. The first-order valence-corrected chi connectivity index (χ1v) is 14.8. The molecule has 4 aromatic rings. The van der Waals surface area contributed by atoms with E-state index in [1.165, 1.54) is 53.4 Å². The van der Waals surface area contributed by atoms with Crippen LogP contribution in [-0.2, 0) is 10.0 Å². The van der Waals surface area contributed by atoms with E-state index < -0.39 is 39.2 Å². The number of amides is 1. The number of benzene rings is 4. The molecule has 4 rings (SSSR count). The minimum Gasteiger partial charge on any atom is -0.493 e. The van der Waals surface area contributed by atoms with Gasteiger partial charge in [-0.2, -0.15) is 0 Å². The van der Waals surface area contributed by atoms with Crippen molar-refractivity contribution in [1.29, 1.82) is 0 Å². The van der Waals surface area contributed by atoms with Crippen LogP contribution in [0.4, 0.5) is 18.9 Å². The Hall–Kier alpha value is -4.02. The molecule has 0 saturated carbocycles. The van der Waals surface area contributed by atoms with E-state index in [4.69, 9.17) is 16.3 Å². The van der Waals surface area contributed by atoms with Gasteiger partial charge in [-0.15, -0.1) is 0 Å². The Bertz CT molecular complexity index is 1650. The van der Waals surface area contributed by atoms with Crippen molar-refractivity contribution in [3.8, 4) is 5.75 Å². The monoisotopic (exact) mass is 616 g/mol. The van der Waals surface area contributed by atoms with Crippen molar-refractivity contribution in [3.05, 3.63) is 125 Å². The van der Waals surface area contributed by atoms with Gasteiger partial charge in [0.2, 0.25) is 0 Å². The first kappa shape index (κ1) is 30.9. The summed E-state index contributed by atoms with van der Waals surface area (Å²) < 4.78 is 77.1. The van der Waals surface area contributed by atoms with Crippen molar-refractivity contribution in [1.82, 2.24) is 4.90 Å². The molecule has 1 atom stereocenters. The summed E-state index contributed by atoms with van der Waals surface area (Å²) in [6, 6.07) is 18.9. The average molecular weight is 617 g/mol. The molecule has 0 bridgehead atoms. The van der Waals surface area contributed by atoms with Gasteiger partial charge in [0.25, 0.3) is 15.9 Å². The third kappa shape index (κ3) is 7.06. The lowest BCUT2D eigenvalue weighted by Crippen LogP contribution is -2.34. The smallest absolute Gasteiger partial charge is 0.264 e. The van der Waals surface area contributed by atoms with Gasteiger partial charge < -0.3 is 9.64 Å². The van der Waals surface area contributed by atoms with Crippen LogP contribution in [0.2, 0.25) is 5.02 Å². The Morgan fingerprint density at radius 3 is 2.24 bits per heavy atom. The summed E-state index contributed by atoms with van der Waals surface area (Å²) in [6.45, 7) is 2.05. The summed E-state index contributed by atoms with van der Waals surface area (Å²) in [4.78, 5) is 13.9. The molecule has 11 heteroatoms. The van der Waals surface area contributed by atoms with E-state index in [-0.39, 0.29) is 17.4 Å². The summed E-state index contributed by atoms with van der Waals surface area (Å²) in [5, 5.41) is 0.314. The van der Waals surface area contributed by atoms with Gasteiger partial charge in [-0.1, -0.05) is 29.8 Å². The largest absolute Gasteiger partial charge is 0.493 e. The highest BCUT2D eigenvalue weighted by atomic mass is 35.5. The Kier molecular flexibility index (Phi) is 9.80. The van der Waals surface area contributed by atoms with Crippen molar-refractivity contribution >= 4 is 33.2 Å². The summed E-state index contributed by atoms with van der Waals surface area (Å²) >= 11 is 5.95. The number of para-hydroxylation sites is 1. The van der Waals surface area contributed by atoms with Gasteiger partial charge in [0.05, 0.1) is 23.2 Å². The van der Waals surface area contributed by atoms with Crippen molar-refractivity contribution in [2.24, 2.45) is 0 Å². The molecule has 0 aliphatic heterocycles. The zero-order valence-electron chi connectivity index (χ0n) is 22.8. The molecule has 42 heavy (non-hydrogen) atoms. The maximum atomic E-state index is 15.1. The molecule has 0 N–H and O–H groups in total. The standard InChI is InChI=1S/C31H28ClF3N2O4S/c1-21(37(29-20-25(34)14-17-28(29)35)42(39,40)26-15-10-23(32)11-16-26)27-6-3-4-7-30(27)41-19-5-18-36(2)31(38)22-8-12-24(33)13-9-22/h3-4,6-17,20-21H,5,18-19H2,1-2H3. The Labute approximate surface area is 248 Å². The van der Waals surface area contributed by atoms with Crippen molar-refractivity contribution < 1.29 is 31.1 Å². The van der Waals surface area contributed by atoms with Gasteiger partial charge in [-0.3, -0.25) is 9.10 Å². The zero-order chi connectivity index (χ0) is 30.4. The number of sulfonamides is 1. The number of carbonyl (C=O) groups excluding carboxylic acids is 1. The molecule has 220 valence electrons. The number of nitrogens with zero attached hydrogens (tertiary/aromatic N) is 2. The molecule has 1 amide bonds. The van der Waals surface area contributed by atoms with Gasteiger partial charge in [-0.25, -0.2) is 21.6 Å². The third-order valence-corrected chi connectivity index (χ3v) is 8.72. The fourth-order valence-electron chi connectivity index (χ4n) is 4.40. The van der Waals surface area contributed by atoms with Crippen LogP contribution in [-0.4, -0.2) is 39.4 Å². The minimum atomic E-state index is -4.40. The molecule has 0 spiro atoms. The molecule has 0 fully saturated rings. The topological polar surface area (TPSA) is 66.9 Å². The molecular formula is C31H28ClF3N2O4S. The summed E-state index contributed by atoms with van der Waals surface area (Å²) in [6.07, 6.45) is 0.428. The van der Waals surface area contributed by atoms with E-state index in [1.54, 1.807) is 38.2 Å². The van der Waals surface area contributed by atoms with Crippen LogP contribution >= 0.6 is 11.6 Å². The van der Waals surface area contributed by atoms with Gasteiger partial charge >= 0.3 is 0 Å². The molecule has 0 saturated heterocycles. The van der Waals surface area contributed by atoms with Crippen LogP contribution in [0.1, 0.15) is 35.3 Å². The van der Waals surface area contributed by atoms with Gasteiger partial charge in [0.15, 0.2) is 0 Å². The van der Waals surface area contributed by atoms with E-state index in [0.29, 0.717) is 34.9 Å². The third-order valence-electron chi connectivity index (χ3n) is 6.57. The number of carbonyl (C=O) groups is 1. The van der Waals surface area contributed by atoms with E-state index in [0.717, 1.165) is 22.5 Å². The highest BCUT2D eigenvalue weighted by molar-refractivity contribution is 7.92. The SMILES string of the molecule is CC(c1ccccc1OCCCN(C)C(=O)c1ccc(F)cc1)N(c1cc(F)ccc1F)S(=O)(=O)c1ccc(Cl)cc1. The predicted octanol–water partition coefficient (Wildman–Crippen LogP) is 7.25. The first-order valence-electron chi connectivity index (χ1n) is 13.0. The van der Waals surface area contributed by atoms with Gasteiger partial charge in [0, 0.05) is 35.8 Å². The normalized spacial score (nSPS) is 12.0. The Balaban J connectivity index is 1.57. The van der Waals surface area contributed by atoms with Crippen LogP contribution in [0, 0.1) is 17.5 Å². The number of hydrogen-bond acceptors (Lipinski definition) is 4. The number of halogens is 4.